The van der Waals surface area contributed by atoms with E-state index in [0.717, 1.165) is 10.6 Å². The molecule has 0 amide bonds. The molecule has 0 saturated heterocycles. The number of rotatable bonds is 3. The van der Waals surface area contributed by atoms with Gasteiger partial charge >= 0.3 is 5.97 Å². The third-order valence-electron chi connectivity index (χ3n) is 2.90. The highest BCUT2D eigenvalue weighted by Gasteiger charge is 2.22. The Morgan fingerprint density at radius 2 is 2.05 bits per heavy atom. The Bertz CT molecular complexity index is 818. The van der Waals surface area contributed by atoms with Crippen LogP contribution in [0.4, 0.5) is 0 Å². The smallest absolute Gasteiger partial charge is 0.337 e. The van der Waals surface area contributed by atoms with Gasteiger partial charge in [0, 0.05) is 5.56 Å². The molecule has 1 N–H and O–H groups in total. The van der Waals surface area contributed by atoms with Crippen molar-refractivity contribution in [2.75, 3.05) is 0 Å². The third kappa shape index (κ3) is 1.90. The Labute approximate surface area is 118 Å². The molecule has 0 saturated carbocycles. The summed E-state index contributed by atoms with van der Waals surface area (Å²) in [4.78, 5) is 16.4. The number of nitrogens with zero attached hydrogens (tertiary/aromatic N) is 3. The van der Waals surface area contributed by atoms with Crippen molar-refractivity contribution >= 4 is 27.8 Å². The maximum Gasteiger partial charge on any atom is 0.337 e. The van der Waals surface area contributed by atoms with Crippen molar-refractivity contribution in [2.45, 2.75) is 6.92 Å². The Hall–Kier alpha value is -2.47. The minimum atomic E-state index is -1.07. The van der Waals surface area contributed by atoms with Crippen molar-refractivity contribution in [2.24, 2.45) is 0 Å². The quantitative estimate of drug-likeness (QED) is 0.751. The van der Waals surface area contributed by atoms with Crippen molar-refractivity contribution < 1.29 is 9.90 Å². The molecule has 20 heavy (non-hydrogen) atoms. The normalized spacial score (nSPS) is 10.8. The fraction of sp³-hybridized carbons (Fsp3) is 0.0714. The number of imidazole rings is 1. The highest BCUT2D eigenvalue weighted by atomic mass is 32.1. The molecule has 0 spiro atoms. The van der Waals surface area contributed by atoms with E-state index in [2.05, 4.69) is 16.7 Å². The summed E-state index contributed by atoms with van der Waals surface area (Å²) < 4.78 is 1.55. The molecule has 0 bridgehead atoms. The summed E-state index contributed by atoms with van der Waals surface area (Å²) in [6.07, 6.45) is 0. The molecular formula is C14H11N3O2S. The van der Waals surface area contributed by atoms with E-state index < -0.39 is 5.97 Å². The van der Waals surface area contributed by atoms with Gasteiger partial charge in [0.15, 0.2) is 0 Å². The van der Waals surface area contributed by atoms with Crippen LogP contribution in [0.1, 0.15) is 10.7 Å². The van der Waals surface area contributed by atoms with Gasteiger partial charge in [0.05, 0.1) is 5.57 Å². The van der Waals surface area contributed by atoms with Crippen LogP contribution in [0.25, 0.3) is 21.8 Å². The standard InChI is InChI=1S/C14H11N3O2S/c1-8(13(18)19)12-11(10-6-4-3-5-7-10)15-14-17(12)16-9(2)20-14/h3-7H,1H2,2H3,(H,18,19). The molecule has 0 atom stereocenters. The number of hydrogen-bond donors (Lipinski definition) is 1. The van der Waals surface area contributed by atoms with Crippen molar-refractivity contribution in [1.29, 1.82) is 0 Å². The van der Waals surface area contributed by atoms with E-state index in [9.17, 15) is 9.90 Å². The second-order valence-electron chi connectivity index (χ2n) is 4.27. The lowest BCUT2D eigenvalue weighted by Gasteiger charge is -2.03. The van der Waals surface area contributed by atoms with E-state index in [0.29, 0.717) is 16.3 Å². The number of carboxylic acid groups (broad SMARTS) is 1. The Balaban J connectivity index is 2.32. The number of benzene rings is 1. The fourth-order valence-corrected chi connectivity index (χ4v) is 2.76. The van der Waals surface area contributed by atoms with Gasteiger partial charge < -0.3 is 5.11 Å². The Kier molecular flexibility index (Phi) is 2.87. The summed E-state index contributed by atoms with van der Waals surface area (Å²) >= 11 is 1.42. The van der Waals surface area contributed by atoms with Gasteiger partial charge in [-0.05, 0) is 6.92 Å². The molecule has 1 aromatic carbocycles. The molecule has 3 rings (SSSR count). The lowest BCUT2D eigenvalue weighted by molar-refractivity contribution is -0.130. The molecule has 0 aliphatic carbocycles. The summed E-state index contributed by atoms with van der Waals surface area (Å²) in [5, 5.41) is 14.4. The zero-order chi connectivity index (χ0) is 14.3. The van der Waals surface area contributed by atoms with E-state index in [1.54, 1.807) is 4.52 Å². The van der Waals surface area contributed by atoms with Gasteiger partial charge in [-0.3, -0.25) is 0 Å². The lowest BCUT2D eigenvalue weighted by atomic mass is 10.1. The number of aromatic nitrogens is 3. The van der Waals surface area contributed by atoms with E-state index in [-0.39, 0.29) is 5.57 Å². The first-order valence-electron chi connectivity index (χ1n) is 5.92. The van der Waals surface area contributed by atoms with Crippen LogP contribution >= 0.6 is 11.3 Å². The molecule has 6 heteroatoms. The van der Waals surface area contributed by atoms with Crippen LogP contribution in [-0.4, -0.2) is 25.7 Å². The third-order valence-corrected chi connectivity index (χ3v) is 3.72. The van der Waals surface area contributed by atoms with Crippen LogP contribution in [0.2, 0.25) is 0 Å². The van der Waals surface area contributed by atoms with Gasteiger partial charge in [0.25, 0.3) is 0 Å². The van der Waals surface area contributed by atoms with Crippen LogP contribution in [0, 0.1) is 6.92 Å². The Morgan fingerprint density at radius 3 is 2.70 bits per heavy atom. The average molecular weight is 285 g/mol. The van der Waals surface area contributed by atoms with E-state index in [1.807, 2.05) is 37.3 Å². The number of hydrogen-bond acceptors (Lipinski definition) is 4. The summed E-state index contributed by atoms with van der Waals surface area (Å²) in [5.41, 5.74) is 1.86. The Morgan fingerprint density at radius 1 is 1.35 bits per heavy atom. The van der Waals surface area contributed by atoms with Crippen molar-refractivity contribution in [3.63, 3.8) is 0 Å². The molecule has 0 fully saturated rings. The molecule has 3 aromatic rings. The predicted molar refractivity (Wildman–Crippen MR) is 77.7 cm³/mol. The van der Waals surface area contributed by atoms with Crippen LogP contribution in [-0.2, 0) is 4.79 Å². The van der Waals surface area contributed by atoms with Gasteiger partial charge in [-0.2, -0.15) is 5.10 Å². The number of carbonyl (C=O) groups is 1. The number of carboxylic acids is 1. The molecule has 2 aromatic heterocycles. The second-order valence-corrected chi connectivity index (χ2v) is 5.43. The summed E-state index contributed by atoms with van der Waals surface area (Å²) in [5.74, 6) is -1.07. The van der Waals surface area contributed by atoms with Crippen LogP contribution in [0.5, 0.6) is 0 Å². The fourth-order valence-electron chi connectivity index (χ4n) is 2.01. The number of aliphatic carboxylic acids is 1. The largest absolute Gasteiger partial charge is 0.478 e. The number of fused-ring (bicyclic) bond motifs is 1. The summed E-state index contributed by atoms with van der Waals surface area (Å²) in [7, 11) is 0. The van der Waals surface area contributed by atoms with Crippen LogP contribution in [0.3, 0.4) is 0 Å². The van der Waals surface area contributed by atoms with Crippen LogP contribution < -0.4 is 0 Å². The maximum absolute atomic E-state index is 11.3. The molecule has 0 aliphatic heterocycles. The van der Waals surface area contributed by atoms with Gasteiger partial charge in [-0.25, -0.2) is 14.3 Å². The van der Waals surface area contributed by atoms with E-state index in [4.69, 9.17) is 0 Å². The summed E-state index contributed by atoms with van der Waals surface area (Å²) in [6.45, 7) is 5.50. The average Bonchev–Trinajstić information content (AvgIpc) is 2.94. The lowest BCUT2D eigenvalue weighted by Crippen LogP contribution is -2.03. The maximum atomic E-state index is 11.3. The van der Waals surface area contributed by atoms with Gasteiger partial charge in [-0.1, -0.05) is 48.2 Å². The second kappa shape index (κ2) is 4.57. The first-order valence-corrected chi connectivity index (χ1v) is 6.73. The number of aryl methyl sites for hydroxylation is 1. The highest BCUT2D eigenvalue weighted by molar-refractivity contribution is 7.16. The summed E-state index contributed by atoms with van der Waals surface area (Å²) in [6, 6.07) is 9.44. The predicted octanol–water partition coefficient (Wildman–Crippen LogP) is 2.86. The minimum absolute atomic E-state index is 0.0124. The van der Waals surface area contributed by atoms with Gasteiger partial charge in [0.1, 0.15) is 16.4 Å². The highest BCUT2D eigenvalue weighted by Crippen LogP contribution is 2.30. The van der Waals surface area contributed by atoms with Crippen molar-refractivity contribution in [1.82, 2.24) is 14.6 Å². The molecule has 0 unspecified atom stereocenters. The molecule has 2 heterocycles. The molecule has 100 valence electrons. The molecular weight excluding hydrogens is 274 g/mol. The van der Waals surface area contributed by atoms with Crippen molar-refractivity contribution in [3.8, 4) is 11.3 Å². The SMILES string of the molecule is C=C(C(=O)O)c1c(-c2ccccc2)nc2sc(C)nn12. The van der Waals surface area contributed by atoms with E-state index >= 15 is 0 Å². The molecule has 5 nitrogen and oxygen atoms in total. The first-order chi connectivity index (χ1) is 9.58. The minimum Gasteiger partial charge on any atom is -0.478 e. The van der Waals surface area contributed by atoms with Gasteiger partial charge in [-0.15, -0.1) is 0 Å². The first kappa shape index (κ1) is 12.6. The zero-order valence-electron chi connectivity index (χ0n) is 10.7. The molecule has 0 aliphatic rings. The zero-order valence-corrected chi connectivity index (χ0v) is 11.5. The molecule has 0 radical (unpaired) electrons. The van der Waals surface area contributed by atoms with Crippen molar-refractivity contribution in [3.05, 3.63) is 47.6 Å². The van der Waals surface area contributed by atoms with Gasteiger partial charge in [0.2, 0.25) is 4.96 Å². The topological polar surface area (TPSA) is 67.5 Å². The monoisotopic (exact) mass is 285 g/mol. The van der Waals surface area contributed by atoms with E-state index in [1.165, 1.54) is 11.3 Å². The van der Waals surface area contributed by atoms with Crippen LogP contribution in [0.15, 0.2) is 36.9 Å².